The molecule has 3 atom stereocenters. The summed E-state index contributed by atoms with van der Waals surface area (Å²) in [6, 6.07) is 27.9. The van der Waals surface area contributed by atoms with Crippen molar-refractivity contribution in [1.29, 1.82) is 0 Å². The zero-order valence-corrected chi connectivity index (χ0v) is 22.6. The van der Waals surface area contributed by atoms with Gasteiger partial charge in [0.15, 0.2) is 0 Å². The Morgan fingerprint density at radius 1 is 0.707 bits per heavy atom. The second kappa shape index (κ2) is 13.1. The van der Waals surface area contributed by atoms with Gasteiger partial charge in [-0.2, -0.15) is 0 Å². The lowest BCUT2D eigenvalue weighted by Gasteiger charge is -2.24. The van der Waals surface area contributed by atoms with Crippen molar-refractivity contribution in [2.75, 3.05) is 13.2 Å². The molecular weight excluding hydrogens is 520 g/mol. The zero-order valence-electron chi connectivity index (χ0n) is 22.6. The van der Waals surface area contributed by atoms with E-state index in [2.05, 4.69) is 0 Å². The SMILES string of the molecule is O=C(CC=CC(Cc1ccccc1)C(=O)N1C(=O)OCC1Cc1ccccc1)N1C(=O)OCC1Cc1ccccc1. The molecule has 0 saturated carbocycles. The van der Waals surface area contributed by atoms with Crippen LogP contribution in [0.25, 0.3) is 0 Å². The molecule has 0 N–H and O–H groups in total. The molecule has 0 aromatic heterocycles. The Labute approximate surface area is 239 Å². The molecule has 2 aliphatic heterocycles. The fourth-order valence-corrected chi connectivity index (χ4v) is 5.29. The number of rotatable bonds is 10. The summed E-state index contributed by atoms with van der Waals surface area (Å²) in [5.41, 5.74) is 2.91. The number of hydrogen-bond acceptors (Lipinski definition) is 6. The average Bonchev–Trinajstić information content (AvgIpc) is 3.54. The maximum atomic E-state index is 13.8. The fourth-order valence-electron chi connectivity index (χ4n) is 5.29. The molecule has 2 heterocycles. The molecule has 2 fully saturated rings. The Morgan fingerprint density at radius 3 is 1.71 bits per heavy atom. The zero-order chi connectivity index (χ0) is 28.6. The summed E-state index contributed by atoms with van der Waals surface area (Å²) in [7, 11) is 0. The summed E-state index contributed by atoms with van der Waals surface area (Å²) in [6.45, 7) is 0.262. The van der Waals surface area contributed by atoms with E-state index in [0.717, 1.165) is 16.7 Å². The Hall–Kier alpha value is -4.72. The molecule has 8 nitrogen and oxygen atoms in total. The van der Waals surface area contributed by atoms with Gasteiger partial charge in [-0.3, -0.25) is 9.59 Å². The predicted molar refractivity (Wildman–Crippen MR) is 152 cm³/mol. The van der Waals surface area contributed by atoms with Crippen LogP contribution in [-0.2, 0) is 38.3 Å². The Morgan fingerprint density at radius 2 is 1.17 bits per heavy atom. The first-order valence-electron chi connectivity index (χ1n) is 13.8. The van der Waals surface area contributed by atoms with Crippen LogP contribution in [0.4, 0.5) is 9.59 Å². The van der Waals surface area contributed by atoms with Gasteiger partial charge in [-0.05, 0) is 36.0 Å². The number of hydrogen-bond donors (Lipinski definition) is 0. The number of imide groups is 2. The van der Waals surface area contributed by atoms with Crippen molar-refractivity contribution in [2.24, 2.45) is 5.92 Å². The highest BCUT2D eigenvalue weighted by atomic mass is 16.6. The summed E-state index contributed by atoms with van der Waals surface area (Å²) in [5, 5.41) is 0. The van der Waals surface area contributed by atoms with Crippen molar-refractivity contribution in [3.63, 3.8) is 0 Å². The molecule has 0 radical (unpaired) electrons. The standard InChI is InChI=1S/C33H32N2O6/c36-30(34-28(22-40-32(34)38)20-25-13-6-2-7-14-25)18-10-17-27(19-24-11-4-1-5-12-24)31(37)35-29(23-41-33(35)39)21-26-15-8-3-9-16-26/h1-17,27-29H,18-23H2. The summed E-state index contributed by atoms with van der Waals surface area (Å²) in [6.07, 6.45) is 3.17. The Bertz CT molecular complexity index is 1390. The molecule has 5 rings (SSSR count). The molecule has 2 aliphatic rings. The number of cyclic esters (lactones) is 2. The number of nitrogens with zero attached hydrogens (tertiary/aromatic N) is 2. The average molecular weight is 553 g/mol. The van der Waals surface area contributed by atoms with Crippen molar-refractivity contribution in [1.82, 2.24) is 9.80 Å². The smallest absolute Gasteiger partial charge is 0.417 e. The first-order chi connectivity index (χ1) is 20.0. The number of amides is 4. The largest absolute Gasteiger partial charge is 0.447 e. The highest BCUT2D eigenvalue weighted by Crippen LogP contribution is 2.24. The molecule has 3 aromatic rings. The van der Waals surface area contributed by atoms with E-state index in [1.165, 1.54) is 9.80 Å². The van der Waals surface area contributed by atoms with E-state index in [9.17, 15) is 19.2 Å². The molecule has 4 amide bonds. The molecular formula is C33H32N2O6. The quantitative estimate of drug-likeness (QED) is 0.330. The third kappa shape index (κ3) is 6.90. The monoisotopic (exact) mass is 552 g/mol. The van der Waals surface area contributed by atoms with E-state index in [1.807, 2.05) is 91.0 Å². The van der Waals surface area contributed by atoms with Gasteiger partial charge in [0, 0.05) is 6.42 Å². The van der Waals surface area contributed by atoms with Crippen LogP contribution in [0.15, 0.2) is 103 Å². The second-order valence-electron chi connectivity index (χ2n) is 10.2. The van der Waals surface area contributed by atoms with Crippen LogP contribution in [0.5, 0.6) is 0 Å². The molecule has 3 unspecified atom stereocenters. The second-order valence-corrected chi connectivity index (χ2v) is 10.2. The van der Waals surface area contributed by atoms with Crippen LogP contribution in [0, 0.1) is 5.92 Å². The van der Waals surface area contributed by atoms with E-state index in [0.29, 0.717) is 19.3 Å². The fraction of sp³-hybridized carbons (Fsp3) is 0.273. The molecule has 210 valence electrons. The van der Waals surface area contributed by atoms with E-state index in [1.54, 1.807) is 12.2 Å². The van der Waals surface area contributed by atoms with Gasteiger partial charge in [0.25, 0.3) is 0 Å². The van der Waals surface area contributed by atoms with Crippen molar-refractivity contribution < 1.29 is 28.7 Å². The van der Waals surface area contributed by atoms with Gasteiger partial charge in [-0.1, -0.05) is 103 Å². The van der Waals surface area contributed by atoms with Gasteiger partial charge in [-0.15, -0.1) is 0 Å². The number of carbonyl (C=O) groups excluding carboxylic acids is 4. The lowest BCUT2D eigenvalue weighted by Crippen LogP contribution is -2.43. The number of benzene rings is 3. The molecule has 41 heavy (non-hydrogen) atoms. The first-order valence-corrected chi connectivity index (χ1v) is 13.8. The maximum Gasteiger partial charge on any atom is 0.417 e. The summed E-state index contributed by atoms with van der Waals surface area (Å²) < 4.78 is 10.5. The van der Waals surface area contributed by atoms with Gasteiger partial charge in [0.1, 0.15) is 13.2 Å². The van der Waals surface area contributed by atoms with Crippen LogP contribution in [0.1, 0.15) is 23.1 Å². The van der Waals surface area contributed by atoms with Gasteiger partial charge in [-0.25, -0.2) is 19.4 Å². The van der Waals surface area contributed by atoms with E-state index < -0.39 is 36.1 Å². The van der Waals surface area contributed by atoms with Crippen LogP contribution < -0.4 is 0 Å². The number of carbonyl (C=O) groups is 4. The third-order valence-corrected chi connectivity index (χ3v) is 7.33. The first kappa shape index (κ1) is 27.8. The normalized spacial score (nSPS) is 19.3. The van der Waals surface area contributed by atoms with Crippen molar-refractivity contribution in [2.45, 2.75) is 37.8 Å². The lowest BCUT2D eigenvalue weighted by molar-refractivity contribution is -0.132. The predicted octanol–water partition coefficient (Wildman–Crippen LogP) is 4.97. The molecule has 0 spiro atoms. The molecule has 0 bridgehead atoms. The Balaban J connectivity index is 1.30. The van der Waals surface area contributed by atoms with E-state index in [4.69, 9.17) is 9.47 Å². The van der Waals surface area contributed by atoms with E-state index >= 15 is 0 Å². The lowest BCUT2D eigenvalue weighted by atomic mass is 9.95. The van der Waals surface area contributed by atoms with Crippen molar-refractivity contribution >= 4 is 24.0 Å². The Kier molecular flexibility index (Phi) is 8.89. The van der Waals surface area contributed by atoms with Crippen molar-refractivity contribution in [3.8, 4) is 0 Å². The number of ether oxygens (including phenoxy) is 2. The minimum Gasteiger partial charge on any atom is -0.447 e. The minimum absolute atomic E-state index is 0.0865. The van der Waals surface area contributed by atoms with Crippen LogP contribution in [-0.4, -0.2) is 59.1 Å². The summed E-state index contributed by atoms with van der Waals surface area (Å²) in [5.74, 6) is -1.50. The third-order valence-electron chi connectivity index (χ3n) is 7.33. The van der Waals surface area contributed by atoms with Crippen LogP contribution in [0.2, 0.25) is 0 Å². The topological polar surface area (TPSA) is 93.2 Å². The molecule has 3 aromatic carbocycles. The highest BCUT2D eigenvalue weighted by Gasteiger charge is 2.40. The van der Waals surface area contributed by atoms with Crippen molar-refractivity contribution in [3.05, 3.63) is 120 Å². The van der Waals surface area contributed by atoms with Gasteiger partial charge < -0.3 is 9.47 Å². The highest BCUT2D eigenvalue weighted by molar-refractivity contribution is 5.96. The van der Waals surface area contributed by atoms with Crippen LogP contribution >= 0.6 is 0 Å². The van der Waals surface area contributed by atoms with Gasteiger partial charge in [0.2, 0.25) is 11.8 Å². The molecule has 8 heteroatoms. The summed E-state index contributed by atoms with van der Waals surface area (Å²) >= 11 is 0. The summed E-state index contributed by atoms with van der Waals surface area (Å²) in [4.78, 5) is 54.4. The molecule has 2 saturated heterocycles. The molecule has 0 aliphatic carbocycles. The van der Waals surface area contributed by atoms with E-state index in [-0.39, 0.29) is 25.5 Å². The maximum absolute atomic E-state index is 13.8. The van der Waals surface area contributed by atoms with Gasteiger partial charge >= 0.3 is 12.2 Å². The minimum atomic E-state index is -0.709. The van der Waals surface area contributed by atoms with Gasteiger partial charge in [0.05, 0.1) is 18.0 Å². The van der Waals surface area contributed by atoms with Crippen LogP contribution in [0.3, 0.4) is 0 Å².